The highest BCUT2D eigenvalue weighted by molar-refractivity contribution is 7.92. The number of sulfonamides is 1. The van der Waals surface area contributed by atoms with E-state index in [1.807, 2.05) is 0 Å². The Morgan fingerprint density at radius 3 is 2.55 bits per heavy atom. The van der Waals surface area contributed by atoms with Gasteiger partial charge in [-0.15, -0.1) is 0 Å². The lowest BCUT2D eigenvalue weighted by Gasteiger charge is -2.19. The highest BCUT2D eigenvalue weighted by Crippen LogP contribution is 2.26. The molecule has 2 rings (SSSR count). The summed E-state index contributed by atoms with van der Waals surface area (Å²) >= 11 is 11.4. The van der Waals surface area contributed by atoms with Gasteiger partial charge in [-0.25, -0.2) is 17.8 Å². The van der Waals surface area contributed by atoms with Gasteiger partial charge in [0.2, 0.25) is 0 Å². The van der Waals surface area contributed by atoms with Crippen LogP contribution in [0.1, 0.15) is 0 Å². The molecule has 0 spiro atoms. The lowest BCUT2D eigenvalue weighted by Crippen LogP contribution is -2.26. The highest BCUT2D eigenvalue weighted by Gasteiger charge is 2.23. The molecular formula is C12H9Cl2FN2O2S. The topological polar surface area (TPSA) is 50.3 Å². The van der Waals surface area contributed by atoms with Crippen molar-refractivity contribution >= 4 is 38.9 Å². The monoisotopic (exact) mass is 334 g/mol. The van der Waals surface area contributed by atoms with Gasteiger partial charge in [0, 0.05) is 13.2 Å². The predicted octanol–water partition coefficient (Wildman–Crippen LogP) is 3.35. The summed E-state index contributed by atoms with van der Waals surface area (Å²) in [5, 5.41) is 0.0411. The fourth-order valence-electron chi connectivity index (χ4n) is 1.51. The number of hydrogen-bond donors (Lipinski definition) is 0. The van der Waals surface area contributed by atoms with E-state index in [0.717, 1.165) is 16.6 Å². The van der Waals surface area contributed by atoms with Gasteiger partial charge in [-0.3, -0.25) is 4.31 Å². The van der Waals surface area contributed by atoms with Gasteiger partial charge in [0.15, 0.2) is 0 Å². The minimum Gasteiger partial charge on any atom is -0.269 e. The fourth-order valence-corrected chi connectivity index (χ4v) is 3.01. The molecule has 0 saturated carbocycles. The van der Waals surface area contributed by atoms with Crippen molar-refractivity contribution in [3.05, 3.63) is 52.5 Å². The minimum atomic E-state index is -3.89. The largest absolute Gasteiger partial charge is 0.269 e. The van der Waals surface area contributed by atoms with Crippen LogP contribution in [-0.4, -0.2) is 20.4 Å². The van der Waals surface area contributed by atoms with E-state index in [-0.39, 0.29) is 20.8 Å². The van der Waals surface area contributed by atoms with E-state index in [1.54, 1.807) is 0 Å². The van der Waals surface area contributed by atoms with E-state index < -0.39 is 15.8 Å². The van der Waals surface area contributed by atoms with Crippen molar-refractivity contribution < 1.29 is 12.8 Å². The summed E-state index contributed by atoms with van der Waals surface area (Å²) in [5.74, 6) is -0.531. The molecule has 20 heavy (non-hydrogen) atoms. The van der Waals surface area contributed by atoms with Gasteiger partial charge in [0.25, 0.3) is 10.0 Å². The molecule has 106 valence electrons. The molecule has 8 heteroatoms. The third-order valence-corrected chi connectivity index (χ3v) is 5.04. The summed E-state index contributed by atoms with van der Waals surface area (Å²) in [7, 11) is -2.57. The van der Waals surface area contributed by atoms with Crippen molar-refractivity contribution in [1.82, 2.24) is 4.98 Å². The fraction of sp³-hybridized carbons (Fsp3) is 0.0833. The van der Waals surface area contributed by atoms with Crippen molar-refractivity contribution in [1.29, 1.82) is 0 Å². The van der Waals surface area contributed by atoms with Crippen LogP contribution < -0.4 is 4.31 Å². The molecule has 0 fully saturated rings. The normalized spacial score (nSPS) is 11.4. The molecule has 0 saturated heterocycles. The quantitative estimate of drug-likeness (QED) is 0.809. The molecule has 2 aromatic rings. The Kier molecular flexibility index (Phi) is 4.17. The third kappa shape index (κ3) is 2.87. The first-order chi connectivity index (χ1) is 9.32. The van der Waals surface area contributed by atoms with E-state index >= 15 is 0 Å². The molecule has 0 bridgehead atoms. The average Bonchev–Trinajstić information content (AvgIpc) is 2.40. The summed E-state index contributed by atoms with van der Waals surface area (Å²) in [5.41, 5.74) is 0.191. The molecular weight excluding hydrogens is 326 g/mol. The second-order valence-corrected chi connectivity index (χ2v) is 6.63. The number of anilines is 1. The summed E-state index contributed by atoms with van der Waals surface area (Å²) < 4.78 is 38.8. The standard InChI is InChI=1S/C12H9Cl2FN2O2S/c1-17(9-4-2-3-8(15)5-9)20(18,19)10-6-11(13)12(14)16-7-10/h2-7H,1H3. The minimum absolute atomic E-state index is 0.0130. The zero-order chi connectivity index (χ0) is 14.9. The first kappa shape index (κ1) is 15.0. The van der Waals surface area contributed by atoms with Crippen molar-refractivity contribution in [2.24, 2.45) is 0 Å². The molecule has 1 aromatic heterocycles. The highest BCUT2D eigenvalue weighted by atomic mass is 35.5. The summed E-state index contributed by atoms with van der Waals surface area (Å²) in [6, 6.07) is 6.44. The van der Waals surface area contributed by atoms with E-state index in [2.05, 4.69) is 4.98 Å². The predicted molar refractivity (Wildman–Crippen MR) is 76.2 cm³/mol. The second-order valence-electron chi connectivity index (χ2n) is 3.90. The Hall–Kier alpha value is -1.37. The Balaban J connectivity index is 2.46. The first-order valence-electron chi connectivity index (χ1n) is 5.38. The van der Waals surface area contributed by atoms with Crippen LogP contribution in [0.25, 0.3) is 0 Å². The zero-order valence-corrected chi connectivity index (χ0v) is 12.5. The number of halogens is 3. The van der Waals surface area contributed by atoms with Gasteiger partial charge in [-0.1, -0.05) is 29.3 Å². The molecule has 0 N–H and O–H groups in total. The number of hydrogen-bond acceptors (Lipinski definition) is 3. The van der Waals surface area contributed by atoms with Gasteiger partial charge in [0.1, 0.15) is 15.9 Å². The number of rotatable bonds is 3. The van der Waals surface area contributed by atoms with Gasteiger partial charge < -0.3 is 0 Å². The molecule has 1 heterocycles. The number of aromatic nitrogens is 1. The maximum atomic E-state index is 13.2. The van der Waals surface area contributed by atoms with Crippen molar-refractivity contribution in [2.45, 2.75) is 4.90 Å². The Morgan fingerprint density at radius 2 is 1.95 bits per heavy atom. The Bertz CT molecular complexity index is 753. The van der Waals surface area contributed by atoms with Gasteiger partial charge in [0.05, 0.1) is 10.7 Å². The Labute approximate surface area is 125 Å². The van der Waals surface area contributed by atoms with Crippen LogP contribution in [0.15, 0.2) is 41.4 Å². The molecule has 0 aliphatic carbocycles. The van der Waals surface area contributed by atoms with E-state index in [9.17, 15) is 12.8 Å². The zero-order valence-electron chi connectivity index (χ0n) is 10.2. The smallest absolute Gasteiger partial charge is 0.265 e. The molecule has 1 aromatic carbocycles. The molecule has 0 radical (unpaired) electrons. The van der Waals surface area contributed by atoms with Gasteiger partial charge in [-0.05, 0) is 24.3 Å². The lowest BCUT2D eigenvalue weighted by atomic mass is 10.3. The molecule has 0 atom stereocenters. The maximum absolute atomic E-state index is 13.2. The SMILES string of the molecule is CN(c1cccc(F)c1)S(=O)(=O)c1cnc(Cl)c(Cl)c1. The van der Waals surface area contributed by atoms with Crippen molar-refractivity contribution in [3.63, 3.8) is 0 Å². The summed E-state index contributed by atoms with van der Waals surface area (Å²) in [6.45, 7) is 0. The van der Waals surface area contributed by atoms with E-state index in [1.165, 1.54) is 31.3 Å². The van der Waals surface area contributed by atoms with Crippen LogP contribution in [0.4, 0.5) is 10.1 Å². The second kappa shape index (κ2) is 5.55. The van der Waals surface area contributed by atoms with Crippen molar-refractivity contribution in [3.8, 4) is 0 Å². The van der Waals surface area contributed by atoms with E-state index in [4.69, 9.17) is 23.2 Å². The maximum Gasteiger partial charge on any atom is 0.265 e. The Morgan fingerprint density at radius 1 is 1.25 bits per heavy atom. The number of pyridine rings is 1. The summed E-state index contributed by atoms with van der Waals surface area (Å²) in [6.07, 6.45) is 1.10. The van der Waals surface area contributed by atoms with Crippen LogP contribution in [0, 0.1) is 5.82 Å². The summed E-state index contributed by atoms with van der Waals surface area (Å²) in [4.78, 5) is 3.57. The molecule has 0 aliphatic heterocycles. The van der Waals surface area contributed by atoms with Crippen LogP contribution in [0.5, 0.6) is 0 Å². The molecule has 0 unspecified atom stereocenters. The van der Waals surface area contributed by atoms with Gasteiger partial charge in [-0.2, -0.15) is 0 Å². The van der Waals surface area contributed by atoms with Crippen LogP contribution in [-0.2, 0) is 10.0 Å². The third-order valence-electron chi connectivity index (χ3n) is 2.60. The van der Waals surface area contributed by atoms with Gasteiger partial charge >= 0.3 is 0 Å². The average molecular weight is 335 g/mol. The lowest BCUT2D eigenvalue weighted by molar-refractivity contribution is 0.593. The van der Waals surface area contributed by atoms with Crippen LogP contribution >= 0.6 is 23.2 Å². The molecule has 4 nitrogen and oxygen atoms in total. The van der Waals surface area contributed by atoms with Crippen LogP contribution in [0.3, 0.4) is 0 Å². The van der Waals surface area contributed by atoms with Crippen molar-refractivity contribution in [2.75, 3.05) is 11.4 Å². The molecule has 0 aliphatic rings. The van der Waals surface area contributed by atoms with E-state index in [0.29, 0.717) is 0 Å². The number of benzene rings is 1. The number of nitrogens with zero attached hydrogens (tertiary/aromatic N) is 2. The molecule has 0 amide bonds. The first-order valence-corrected chi connectivity index (χ1v) is 7.57. The van der Waals surface area contributed by atoms with Crippen LogP contribution in [0.2, 0.25) is 10.2 Å².